The molecule has 2 fully saturated rings. The van der Waals surface area contributed by atoms with Gasteiger partial charge in [-0.2, -0.15) is 0 Å². The molecular weight excluding hydrogens is 232 g/mol. The maximum atomic E-state index is 12.2. The van der Waals surface area contributed by atoms with E-state index in [2.05, 4.69) is 5.32 Å². The highest BCUT2D eigenvalue weighted by molar-refractivity contribution is 5.96. The highest BCUT2D eigenvalue weighted by atomic mass is 16.3. The number of hydrogen-bond donors (Lipinski definition) is 1. The summed E-state index contributed by atoms with van der Waals surface area (Å²) in [5.74, 6) is 0.101. The van der Waals surface area contributed by atoms with Gasteiger partial charge in [0.25, 0.3) is 5.91 Å². The summed E-state index contributed by atoms with van der Waals surface area (Å²) in [7, 11) is 0. The molecular formula is C13H16N2O3. The second kappa shape index (κ2) is 4.48. The first kappa shape index (κ1) is 11.3. The van der Waals surface area contributed by atoms with Crippen LogP contribution in [0.1, 0.15) is 36.2 Å². The molecule has 1 aromatic rings. The third kappa shape index (κ3) is 2.12. The smallest absolute Gasteiger partial charge is 0.290 e. The molecule has 2 amide bonds. The van der Waals surface area contributed by atoms with Crippen molar-refractivity contribution in [3.8, 4) is 0 Å². The van der Waals surface area contributed by atoms with Crippen molar-refractivity contribution in [2.24, 2.45) is 0 Å². The van der Waals surface area contributed by atoms with E-state index in [4.69, 9.17) is 4.42 Å². The van der Waals surface area contributed by atoms with Gasteiger partial charge in [-0.25, -0.2) is 0 Å². The van der Waals surface area contributed by atoms with Crippen molar-refractivity contribution in [3.63, 3.8) is 0 Å². The van der Waals surface area contributed by atoms with Gasteiger partial charge in [-0.05, 0) is 37.8 Å². The standard InChI is InChI=1S/C13H16N2O3/c16-12(14-9-5-6-9)10-3-1-7-15(10)13(17)11-4-2-8-18-11/h2,4,8-10H,1,3,5-7H2,(H,14,16). The fourth-order valence-electron chi connectivity index (χ4n) is 2.35. The highest BCUT2D eigenvalue weighted by Crippen LogP contribution is 2.23. The van der Waals surface area contributed by atoms with E-state index < -0.39 is 0 Å². The third-order valence-electron chi connectivity index (χ3n) is 3.47. The average molecular weight is 248 g/mol. The molecule has 2 aliphatic rings. The van der Waals surface area contributed by atoms with Crippen LogP contribution in [-0.2, 0) is 4.79 Å². The topological polar surface area (TPSA) is 62.6 Å². The number of nitrogens with zero attached hydrogens (tertiary/aromatic N) is 1. The Morgan fingerprint density at radius 2 is 2.17 bits per heavy atom. The number of carbonyl (C=O) groups is 2. The van der Waals surface area contributed by atoms with Gasteiger partial charge in [0.2, 0.25) is 5.91 Å². The van der Waals surface area contributed by atoms with Crippen molar-refractivity contribution in [2.45, 2.75) is 37.8 Å². The molecule has 1 aliphatic heterocycles. The van der Waals surface area contributed by atoms with Gasteiger partial charge in [-0.3, -0.25) is 9.59 Å². The summed E-state index contributed by atoms with van der Waals surface area (Å²) in [6.07, 6.45) is 5.21. The van der Waals surface area contributed by atoms with E-state index in [1.165, 1.54) is 6.26 Å². The van der Waals surface area contributed by atoms with Crippen molar-refractivity contribution in [1.29, 1.82) is 0 Å². The first-order valence-electron chi connectivity index (χ1n) is 6.40. The van der Waals surface area contributed by atoms with Crippen LogP contribution in [0.4, 0.5) is 0 Å². The summed E-state index contributed by atoms with van der Waals surface area (Å²) in [4.78, 5) is 25.8. The Labute approximate surface area is 105 Å². The minimum Gasteiger partial charge on any atom is -0.459 e. The van der Waals surface area contributed by atoms with Crippen LogP contribution in [0.25, 0.3) is 0 Å². The lowest BCUT2D eigenvalue weighted by Crippen LogP contribution is -2.46. The van der Waals surface area contributed by atoms with Gasteiger partial charge in [0.1, 0.15) is 6.04 Å². The summed E-state index contributed by atoms with van der Waals surface area (Å²) in [5.41, 5.74) is 0. The van der Waals surface area contributed by atoms with Crippen LogP contribution in [-0.4, -0.2) is 35.3 Å². The Morgan fingerprint density at radius 1 is 1.33 bits per heavy atom. The number of carbonyl (C=O) groups excluding carboxylic acids is 2. The van der Waals surface area contributed by atoms with Gasteiger partial charge in [0.15, 0.2) is 5.76 Å². The number of furan rings is 1. The largest absolute Gasteiger partial charge is 0.459 e. The summed E-state index contributed by atoms with van der Waals surface area (Å²) >= 11 is 0. The van der Waals surface area contributed by atoms with E-state index in [1.807, 2.05) is 0 Å². The lowest BCUT2D eigenvalue weighted by atomic mass is 10.2. The van der Waals surface area contributed by atoms with Gasteiger partial charge in [0.05, 0.1) is 6.26 Å². The highest BCUT2D eigenvalue weighted by Gasteiger charge is 2.37. The van der Waals surface area contributed by atoms with Crippen LogP contribution < -0.4 is 5.32 Å². The van der Waals surface area contributed by atoms with Gasteiger partial charge >= 0.3 is 0 Å². The molecule has 0 bridgehead atoms. The van der Waals surface area contributed by atoms with Crippen molar-refractivity contribution in [2.75, 3.05) is 6.54 Å². The van der Waals surface area contributed by atoms with Gasteiger partial charge in [0, 0.05) is 12.6 Å². The molecule has 1 aliphatic carbocycles. The number of rotatable bonds is 3. The Balaban J connectivity index is 1.70. The maximum Gasteiger partial charge on any atom is 0.290 e. The molecule has 0 aromatic carbocycles. The van der Waals surface area contributed by atoms with Crippen molar-refractivity contribution < 1.29 is 14.0 Å². The van der Waals surface area contributed by atoms with Crippen molar-refractivity contribution >= 4 is 11.8 Å². The Morgan fingerprint density at radius 3 is 2.83 bits per heavy atom. The Hall–Kier alpha value is -1.78. The molecule has 5 heteroatoms. The third-order valence-corrected chi connectivity index (χ3v) is 3.47. The molecule has 1 N–H and O–H groups in total. The van der Waals surface area contributed by atoms with Crippen LogP contribution in [0.5, 0.6) is 0 Å². The van der Waals surface area contributed by atoms with E-state index in [1.54, 1.807) is 17.0 Å². The van der Waals surface area contributed by atoms with Crippen molar-refractivity contribution in [1.82, 2.24) is 10.2 Å². The number of hydrogen-bond acceptors (Lipinski definition) is 3. The number of amides is 2. The summed E-state index contributed by atoms with van der Waals surface area (Å²) < 4.78 is 5.11. The first-order chi connectivity index (χ1) is 8.75. The molecule has 1 unspecified atom stereocenters. The van der Waals surface area contributed by atoms with E-state index in [0.29, 0.717) is 18.3 Å². The molecule has 0 spiro atoms. The Kier molecular flexibility index (Phi) is 2.81. The van der Waals surface area contributed by atoms with Gasteiger partial charge < -0.3 is 14.6 Å². The SMILES string of the molecule is O=C(NC1CC1)C1CCCN1C(=O)c1ccco1. The fourth-order valence-corrected chi connectivity index (χ4v) is 2.35. The first-order valence-corrected chi connectivity index (χ1v) is 6.40. The van der Waals surface area contributed by atoms with Crippen LogP contribution in [0.15, 0.2) is 22.8 Å². The van der Waals surface area contributed by atoms with Crippen LogP contribution in [0, 0.1) is 0 Å². The quantitative estimate of drug-likeness (QED) is 0.873. The normalized spacial score (nSPS) is 23.1. The van der Waals surface area contributed by atoms with Gasteiger partial charge in [-0.15, -0.1) is 0 Å². The summed E-state index contributed by atoms with van der Waals surface area (Å²) in [5, 5.41) is 2.96. The molecule has 3 rings (SSSR count). The number of likely N-dealkylation sites (tertiary alicyclic amines) is 1. The second-order valence-corrected chi connectivity index (χ2v) is 4.92. The van der Waals surface area contributed by atoms with Crippen LogP contribution >= 0.6 is 0 Å². The molecule has 1 saturated heterocycles. The molecule has 96 valence electrons. The van der Waals surface area contributed by atoms with Gasteiger partial charge in [-0.1, -0.05) is 0 Å². The Bertz CT molecular complexity index is 451. The maximum absolute atomic E-state index is 12.2. The molecule has 1 saturated carbocycles. The lowest BCUT2D eigenvalue weighted by molar-refractivity contribution is -0.125. The monoisotopic (exact) mass is 248 g/mol. The molecule has 1 aromatic heterocycles. The zero-order valence-electron chi connectivity index (χ0n) is 10.1. The molecule has 2 heterocycles. The van der Waals surface area contributed by atoms with Crippen molar-refractivity contribution in [3.05, 3.63) is 24.2 Å². The minimum absolute atomic E-state index is 0.0186. The predicted octanol–water partition coefficient (Wildman–Crippen LogP) is 1.16. The molecule has 5 nitrogen and oxygen atoms in total. The zero-order valence-corrected chi connectivity index (χ0v) is 10.1. The predicted molar refractivity (Wildman–Crippen MR) is 63.9 cm³/mol. The van der Waals surface area contributed by atoms with Crippen LogP contribution in [0.2, 0.25) is 0 Å². The fraction of sp³-hybridized carbons (Fsp3) is 0.538. The molecule has 1 atom stereocenters. The van der Waals surface area contributed by atoms with E-state index in [9.17, 15) is 9.59 Å². The molecule has 18 heavy (non-hydrogen) atoms. The minimum atomic E-state index is -0.330. The lowest BCUT2D eigenvalue weighted by Gasteiger charge is -2.22. The van der Waals surface area contributed by atoms with E-state index >= 15 is 0 Å². The number of nitrogens with one attached hydrogen (secondary N) is 1. The second-order valence-electron chi connectivity index (χ2n) is 4.92. The average Bonchev–Trinajstić information content (AvgIpc) is 2.91. The molecule has 0 radical (unpaired) electrons. The summed E-state index contributed by atoms with van der Waals surface area (Å²) in [6, 6.07) is 3.32. The van der Waals surface area contributed by atoms with Crippen LogP contribution in [0.3, 0.4) is 0 Å². The van der Waals surface area contributed by atoms with E-state index in [-0.39, 0.29) is 17.9 Å². The summed E-state index contributed by atoms with van der Waals surface area (Å²) in [6.45, 7) is 0.627. The van der Waals surface area contributed by atoms with E-state index in [0.717, 1.165) is 25.7 Å². The zero-order chi connectivity index (χ0) is 12.5.